The van der Waals surface area contributed by atoms with Gasteiger partial charge in [0.05, 0.1) is 9.78 Å². The van der Waals surface area contributed by atoms with Crippen LogP contribution in [0.15, 0.2) is 56.5 Å². The predicted octanol–water partition coefficient (Wildman–Crippen LogP) is 5.55. The highest BCUT2D eigenvalue weighted by molar-refractivity contribution is 14.1. The highest BCUT2D eigenvalue weighted by Gasteiger charge is 2.14. The average molecular weight is 552 g/mol. The molecule has 0 aliphatic carbocycles. The summed E-state index contributed by atoms with van der Waals surface area (Å²) in [7, 11) is 0. The van der Waals surface area contributed by atoms with E-state index in [4.69, 9.17) is 4.42 Å². The molecule has 4 rings (SSSR count). The van der Waals surface area contributed by atoms with E-state index in [1.165, 1.54) is 24.9 Å². The van der Waals surface area contributed by atoms with Crippen LogP contribution in [0.4, 0.5) is 5.69 Å². The molecule has 1 amide bonds. The first-order valence-corrected chi connectivity index (χ1v) is 11.0. The van der Waals surface area contributed by atoms with Crippen LogP contribution >= 0.6 is 38.5 Å². The predicted molar refractivity (Wildman–Crippen MR) is 124 cm³/mol. The van der Waals surface area contributed by atoms with Crippen molar-refractivity contribution in [1.82, 2.24) is 5.43 Å². The van der Waals surface area contributed by atoms with Gasteiger partial charge in [-0.15, -0.1) is 0 Å². The lowest BCUT2D eigenvalue weighted by atomic mass is 10.1. The zero-order chi connectivity index (χ0) is 19.5. The van der Waals surface area contributed by atoms with Crippen molar-refractivity contribution >= 4 is 67.3 Å². The fourth-order valence-corrected chi connectivity index (χ4v) is 4.99. The van der Waals surface area contributed by atoms with Gasteiger partial charge in [-0.1, -0.05) is 28.1 Å². The lowest BCUT2D eigenvalue weighted by Crippen LogP contribution is -2.29. The number of rotatable bonds is 4. The van der Waals surface area contributed by atoms with E-state index >= 15 is 0 Å². The third-order valence-electron chi connectivity index (χ3n) is 4.75. The van der Waals surface area contributed by atoms with Crippen LogP contribution in [-0.4, -0.2) is 25.2 Å². The van der Waals surface area contributed by atoms with Gasteiger partial charge in [-0.3, -0.25) is 4.79 Å². The van der Waals surface area contributed by atoms with E-state index in [2.05, 4.69) is 66.1 Å². The summed E-state index contributed by atoms with van der Waals surface area (Å²) in [6, 6.07) is 13.8. The number of fused-ring (bicyclic) bond motifs is 1. The number of nitrogens with one attached hydrogen (secondary N) is 1. The molecule has 7 heteroatoms. The van der Waals surface area contributed by atoms with E-state index in [1.54, 1.807) is 12.3 Å². The Morgan fingerprint density at radius 1 is 1.14 bits per heavy atom. The SMILES string of the molecule is O=C(N/N=C\c1ccc(N2CCCCC2)cc1)c1cc2cc(Br)cc(I)c2o1. The summed E-state index contributed by atoms with van der Waals surface area (Å²) in [5, 5.41) is 4.94. The third kappa shape index (κ3) is 4.41. The normalized spacial score (nSPS) is 14.7. The van der Waals surface area contributed by atoms with Crippen molar-refractivity contribution in [3.63, 3.8) is 0 Å². The van der Waals surface area contributed by atoms with Gasteiger partial charge in [-0.2, -0.15) is 5.10 Å². The third-order valence-corrected chi connectivity index (χ3v) is 6.01. The summed E-state index contributed by atoms with van der Waals surface area (Å²) in [6.45, 7) is 2.24. The summed E-state index contributed by atoms with van der Waals surface area (Å²) < 4.78 is 7.57. The molecule has 5 nitrogen and oxygen atoms in total. The summed E-state index contributed by atoms with van der Waals surface area (Å²) in [5.74, 6) is -0.132. The first-order chi connectivity index (χ1) is 13.6. The van der Waals surface area contributed by atoms with Crippen LogP contribution in [0, 0.1) is 3.57 Å². The van der Waals surface area contributed by atoms with Crippen LogP contribution in [0.1, 0.15) is 35.4 Å². The van der Waals surface area contributed by atoms with E-state index < -0.39 is 0 Å². The number of amides is 1. The Balaban J connectivity index is 1.40. The maximum atomic E-state index is 12.3. The fourth-order valence-electron chi connectivity index (χ4n) is 3.33. The molecule has 0 saturated carbocycles. The number of hydrogen-bond acceptors (Lipinski definition) is 4. The monoisotopic (exact) mass is 551 g/mol. The summed E-state index contributed by atoms with van der Waals surface area (Å²) in [4.78, 5) is 14.7. The minimum atomic E-state index is -0.371. The quantitative estimate of drug-likeness (QED) is 0.262. The minimum Gasteiger partial charge on any atom is -0.450 e. The van der Waals surface area contributed by atoms with Gasteiger partial charge in [0, 0.05) is 28.6 Å². The zero-order valence-corrected chi connectivity index (χ0v) is 18.9. The number of anilines is 1. The molecule has 144 valence electrons. The van der Waals surface area contributed by atoms with Gasteiger partial charge in [-0.05, 0) is 77.7 Å². The number of halogens is 2. The second-order valence-corrected chi connectivity index (χ2v) is 8.83. The summed E-state index contributed by atoms with van der Waals surface area (Å²) >= 11 is 5.64. The smallest absolute Gasteiger partial charge is 0.307 e. The second kappa shape index (κ2) is 8.65. The molecule has 0 spiro atoms. The van der Waals surface area contributed by atoms with Crippen molar-refractivity contribution in [2.24, 2.45) is 5.10 Å². The van der Waals surface area contributed by atoms with E-state index in [0.29, 0.717) is 5.58 Å². The van der Waals surface area contributed by atoms with Gasteiger partial charge in [0.1, 0.15) is 5.58 Å². The number of carbonyl (C=O) groups excluding carboxylic acids is 1. The first-order valence-electron chi connectivity index (χ1n) is 9.17. The molecule has 0 atom stereocenters. The summed E-state index contributed by atoms with van der Waals surface area (Å²) in [6.07, 6.45) is 5.48. The number of carbonyl (C=O) groups is 1. The largest absolute Gasteiger partial charge is 0.450 e. The number of hydrazone groups is 1. The van der Waals surface area contributed by atoms with Gasteiger partial charge >= 0.3 is 5.91 Å². The number of piperidine rings is 1. The highest BCUT2D eigenvalue weighted by Crippen LogP contribution is 2.28. The fraction of sp³-hybridized carbons (Fsp3) is 0.238. The molecule has 1 saturated heterocycles. The van der Waals surface area contributed by atoms with Crippen molar-refractivity contribution in [2.45, 2.75) is 19.3 Å². The molecule has 2 heterocycles. The van der Waals surface area contributed by atoms with Gasteiger partial charge in [0.15, 0.2) is 5.76 Å². The van der Waals surface area contributed by atoms with Gasteiger partial charge in [0.2, 0.25) is 0 Å². The first kappa shape index (κ1) is 19.4. The molecule has 1 N–H and O–H groups in total. The molecule has 1 fully saturated rings. The molecular weight excluding hydrogens is 533 g/mol. The molecule has 1 aromatic heterocycles. The van der Waals surface area contributed by atoms with Crippen LogP contribution in [0.2, 0.25) is 0 Å². The van der Waals surface area contributed by atoms with E-state index in [-0.39, 0.29) is 11.7 Å². The molecule has 28 heavy (non-hydrogen) atoms. The number of nitrogens with zero attached hydrogens (tertiary/aromatic N) is 2. The molecule has 2 aromatic carbocycles. The van der Waals surface area contributed by atoms with Crippen molar-refractivity contribution in [3.8, 4) is 0 Å². The molecule has 1 aliphatic rings. The van der Waals surface area contributed by atoms with Crippen molar-refractivity contribution < 1.29 is 9.21 Å². The number of furan rings is 1. The Kier molecular flexibility index (Phi) is 6.01. The number of hydrogen-bond donors (Lipinski definition) is 1. The van der Waals surface area contributed by atoms with Crippen LogP contribution in [0.25, 0.3) is 11.0 Å². The average Bonchev–Trinajstić information content (AvgIpc) is 3.14. The van der Waals surface area contributed by atoms with Crippen LogP contribution < -0.4 is 10.3 Å². The van der Waals surface area contributed by atoms with Crippen molar-refractivity contribution in [1.29, 1.82) is 0 Å². The lowest BCUT2D eigenvalue weighted by molar-refractivity contribution is 0.0929. The maximum Gasteiger partial charge on any atom is 0.307 e. The van der Waals surface area contributed by atoms with Crippen LogP contribution in [0.3, 0.4) is 0 Å². The molecule has 3 aromatic rings. The van der Waals surface area contributed by atoms with Crippen molar-refractivity contribution in [3.05, 3.63) is 61.8 Å². The summed E-state index contributed by atoms with van der Waals surface area (Å²) in [5.41, 5.74) is 5.41. The molecule has 0 bridgehead atoms. The van der Waals surface area contributed by atoms with Gasteiger partial charge < -0.3 is 9.32 Å². The Bertz CT molecular complexity index is 1020. The van der Waals surface area contributed by atoms with Crippen LogP contribution in [-0.2, 0) is 0 Å². The molecular formula is C21H19BrIN3O2. The van der Waals surface area contributed by atoms with Gasteiger partial charge in [-0.25, -0.2) is 5.43 Å². The molecule has 0 radical (unpaired) electrons. The van der Waals surface area contributed by atoms with E-state index in [0.717, 1.165) is 32.1 Å². The Labute approximate surface area is 185 Å². The second-order valence-electron chi connectivity index (χ2n) is 6.75. The number of benzene rings is 2. The lowest BCUT2D eigenvalue weighted by Gasteiger charge is -2.28. The molecule has 1 aliphatic heterocycles. The van der Waals surface area contributed by atoms with Crippen molar-refractivity contribution in [2.75, 3.05) is 18.0 Å². The molecule has 0 unspecified atom stereocenters. The van der Waals surface area contributed by atoms with E-state index in [1.807, 2.05) is 24.3 Å². The standard InChI is InChI=1S/C21H19BrIN3O2/c22-16-10-15-11-19(28-20(15)18(23)12-16)21(27)25-24-13-14-4-6-17(7-5-14)26-8-2-1-3-9-26/h4-7,10-13H,1-3,8-9H2,(H,25,27)/b24-13-. The minimum absolute atomic E-state index is 0.239. The highest BCUT2D eigenvalue weighted by atomic mass is 127. The Morgan fingerprint density at radius 3 is 2.64 bits per heavy atom. The maximum absolute atomic E-state index is 12.3. The van der Waals surface area contributed by atoms with E-state index in [9.17, 15) is 4.79 Å². The van der Waals surface area contributed by atoms with Crippen LogP contribution in [0.5, 0.6) is 0 Å². The Morgan fingerprint density at radius 2 is 1.89 bits per heavy atom. The Hall–Kier alpha value is -1.87. The zero-order valence-electron chi connectivity index (χ0n) is 15.1. The van der Waals surface area contributed by atoms with Gasteiger partial charge in [0.25, 0.3) is 0 Å². The topological polar surface area (TPSA) is 57.8 Å².